The predicted molar refractivity (Wildman–Crippen MR) is 126 cm³/mol. The maximum atomic E-state index is 12.6. The SMILES string of the molecule is COc1ccc2sc(OC3CCN(C(=O)COc4ccc5ccccc5c4)CC3)nc2c1. The zero-order valence-electron chi connectivity index (χ0n) is 17.8. The third-order valence-electron chi connectivity index (χ3n) is 5.72. The highest BCUT2D eigenvalue weighted by atomic mass is 32.1. The second kappa shape index (κ2) is 9.04. The number of hydrogen-bond acceptors (Lipinski definition) is 6. The van der Waals surface area contributed by atoms with E-state index in [0.29, 0.717) is 24.0 Å². The number of aromatic nitrogens is 1. The maximum Gasteiger partial charge on any atom is 0.274 e. The normalized spacial score (nSPS) is 14.6. The molecule has 0 saturated carbocycles. The smallest absolute Gasteiger partial charge is 0.274 e. The van der Waals surface area contributed by atoms with Gasteiger partial charge in [-0.25, -0.2) is 4.98 Å². The van der Waals surface area contributed by atoms with E-state index in [1.807, 2.05) is 59.5 Å². The molecule has 0 N–H and O–H groups in total. The third-order valence-corrected chi connectivity index (χ3v) is 6.65. The van der Waals surface area contributed by atoms with Gasteiger partial charge in [-0.05, 0) is 35.0 Å². The van der Waals surface area contributed by atoms with Crippen LogP contribution >= 0.6 is 11.3 Å². The van der Waals surface area contributed by atoms with Crippen LogP contribution in [0.3, 0.4) is 0 Å². The second-order valence-corrected chi connectivity index (χ2v) is 8.80. The number of likely N-dealkylation sites (tertiary alicyclic amines) is 1. The summed E-state index contributed by atoms with van der Waals surface area (Å²) in [7, 11) is 1.65. The van der Waals surface area contributed by atoms with Crippen molar-refractivity contribution in [2.45, 2.75) is 18.9 Å². The first-order valence-corrected chi connectivity index (χ1v) is 11.5. The molecule has 1 amide bonds. The van der Waals surface area contributed by atoms with Gasteiger partial charge in [0.1, 0.15) is 17.6 Å². The molecular formula is C25H24N2O4S. The molecule has 0 aliphatic carbocycles. The van der Waals surface area contributed by atoms with Gasteiger partial charge >= 0.3 is 0 Å². The maximum absolute atomic E-state index is 12.6. The molecule has 6 nitrogen and oxygen atoms in total. The molecule has 5 rings (SSSR count). The third kappa shape index (κ3) is 4.48. The summed E-state index contributed by atoms with van der Waals surface area (Å²) in [6.07, 6.45) is 1.62. The fourth-order valence-electron chi connectivity index (χ4n) is 3.92. The summed E-state index contributed by atoms with van der Waals surface area (Å²) in [5, 5.41) is 2.92. The zero-order chi connectivity index (χ0) is 21.9. The van der Waals surface area contributed by atoms with Crippen molar-refractivity contribution in [1.82, 2.24) is 9.88 Å². The first-order valence-electron chi connectivity index (χ1n) is 10.7. The summed E-state index contributed by atoms with van der Waals surface area (Å²) < 4.78 is 18.2. The van der Waals surface area contributed by atoms with Gasteiger partial charge in [0.25, 0.3) is 11.1 Å². The first-order chi connectivity index (χ1) is 15.7. The van der Waals surface area contributed by atoms with Gasteiger partial charge in [-0.15, -0.1) is 0 Å². The average Bonchev–Trinajstić information content (AvgIpc) is 3.24. The molecule has 0 radical (unpaired) electrons. The van der Waals surface area contributed by atoms with E-state index >= 15 is 0 Å². The number of nitrogens with zero attached hydrogens (tertiary/aromatic N) is 2. The first kappa shape index (κ1) is 20.6. The average molecular weight is 449 g/mol. The number of fused-ring (bicyclic) bond motifs is 2. The molecule has 1 saturated heterocycles. The fourth-order valence-corrected chi connectivity index (χ4v) is 4.78. The molecule has 0 spiro atoms. The number of amides is 1. The zero-order valence-corrected chi connectivity index (χ0v) is 18.6. The highest BCUT2D eigenvalue weighted by Crippen LogP contribution is 2.32. The van der Waals surface area contributed by atoms with E-state index in [1.54, 1.807) is 7.11 Å². The summed E-state index contributed by atoms with van der Waals surface area (Å²) in [4.78, 5) is 19.0. The lowest BCUT2D eigenvalue weighted by Crippen LogP contribution is -2.43. The summed E-state index contributed by atoms with van der Waals surface area (Å²) >= 11 is 1.53. The standard InChI is InChI=1S/C25H24N2O4S/c1-29-20-8-9-23-22(15-20)26-25(32-23)31-19-10-12-27(13-11-19)24(28)16-30-21-7-6-17-4-2-3-5-18(17)14-21/h2-9,14-15,19H,10-13,16H2,1H3. The van der Waals surface area contributed by atoms with E-state index in [-0.39, 0.29) is 18.6 Å². The van der Waals surface area contributed by atoms with Crippen molar-refractivity contribution in [3.8, 4) is 16.7 Å². The van der Waals surface area contributed by atoms with Crippen molar-refractivity contribution in [3.63, 3.8) is 0 Å². The summed E-state index contributed by atoms with van der Waals surface area (Å²) in [5.41, 5.74) is 0.878. The van der Waals surface area contributed by atoms with Crippen molar-refractivity contribution in [1.29, 1.82) is 0 Å². The van der Waals surface area contributed by atoms with Crippen LogP contribution in [0.1, 0.15) is 12.8 Å². The molecule has 1 aromatic heterocycles. The van der Waals surface area contributed by atoms with Gasteiger partial charge in [-0.1, -0.05) is 41.7 Å². The molecule has 1 aliphatic rings. The van der Waals surface area contributed by atoms with E-state index in [4.69, 9.17) is 14.2 Å². The van der Waals surface area contributed by atoms with E-state index in [0.717, 1.165) is 39.6 Å². The molecule has 0 bridgehead atoms. The predicted octanol–water partition coefficient (Wildman–Crippen LogP) is 4.91. The Morgan fingerprint density at radius 1 is 1.03 bits per heavy atom. The highest BCUT2D eigenvalue weighted by molar-refractivity contribution is 7.20. The van der Waals surface area contributed by atoms with E-state index in [2.05, 4.69) is 11.1 Å². The number of piperidine rings is 1. The highest BCUT2D eigenvalue weighted by Gasteiger charge is 2.25. The Morgan fingerprint density at radius 3 is 2.62 bits per heavy atom. The van der Waals surface area contributed by atoms with Crippen molar-refractivity contribution in [3.05, 3.63) is 60.7 Å². The van der Waals surface area contributed by atoms with Crippen LogP contribution in [0.15, 0.2) is 60.7 Å². The van der Waals surface area contributed by atoms with Crippen LogP contribution in [0.25, 0.3) is 21.0 Å². The van der Waals surface area contributed by atoms with Gasteiger partial charge in [-0.3, -0.25) is 4.79 Å². The number of rotatable bonds is 6. The molecule has 164 valence electrons. The quantitative estimate of drug-likeness (QED) is 0.420. The Bertz CT molecular complexity index is 1250. The lowest BCUT2D eigenvalue weighted by atomic mass is 10.1. The molecule has 1 fully saturated rings. The monoisotopic (exact) mass is 448 g/mol. The Labute approximate surface area is 190 Å². The van der Waals surface area contributed by atoms with Gasteiger partial charge in [0.05, 0.1) is 17.3 Å². The van der Waals surface area contributed by atoms with Crippen molar-refractivity contribution in [2.24, 2.45) is 0 Å². The largest absolute Gasteiger partial charge is 0.497 e. The Hall–Kier alpha value is -3.32. The van der Waals surface area contributed by atoms with E-state index < -0.39 is 0 Å². The molecule has 1 aliphatic heterocycles. The number of carbonyl (C=O) groups is 1. The number of ether oxygens (including phenoxy) is 3. The second-order valence-electron chi connectivity index (χ2n) is 7.81. The van der Waals surface area contributed by atoms with Crippen LogP contribution in [0, 0.1) is 0 Å². The van der Waals surface area contributed by atoms with Gasteiger partial charge in [0.2, 0.25) is 0 Å². The molecular weight excluding hydrogens is 424 g/mol. The molecule has 7 heteroatoms. The minimum Gasteiger partial charge on any atom is -0.497 e. The molecule has 4 aromatic rings. The van der Waals surface area contributed by atoms with Crippen molar-refractivity contribution in [2.75, 3.05) is 26.8 Å². The van der Waals surface area contributed by atoms with Crippen molar-refractivity contribution < 1.29 is 19.0 Å². The van der Waals surface area contributed by atoms with Crippen LogP contribution in [-0.4, -0.2) is 48.7 Å². The Balaban J connectivity index is 1.12. The molecule has 32 heavy (non-hydrogen) atoms. The van der Waals surface area contributed by atoms with Crippen LogP contribution < -0.4 is 14.2 Å². The van der Waals surface area contributed by atoms with Crippen LogP contribution in [0.4, 0.5) is 0 Å². The van der Waals surface area contributed by atoms with Crippen LogP contribution in [-0.2, 0) is 4.79 Å². The Morgan fingerprint density at radius 2 is 1.81 bits per heavy atom. The van der Waals surface area contributed by atoms with E-state index in [1.165, 1.54) is 11.3 Å². The van der Waals surface area contributed by atoms with E-state index in [9.17, 15) is 4.79 Å². The molecule has 0 atom stereocenters. The van der Waals surface area contributed by atoms with Gasteiger partial charge in [0, 0.05) is 32.0 Å². The lowest BCUT2D eigenvalue weighted by molar-refractivity contribution is -0.135. The molecule has 2 heterocycles. The molecule has 3 aromatic carbocycles. The van der Waals surface area contributed by atoms with Gasteiger partial charge in [-0.2, -0.15) is 0 Å². The fraction of sp³-hybridized carbons (Fsp3) is 0.280. The summed E-state index contributed by atoms with van der Waals surface area (Å²) in [6, 6.07) is 19.8. The minimum absolute atomic E-state index is 0.00342. The number of carbonyl (C=O) groups excluding carboxylic acids is 1. The van der Waals surface area contributed by atoms with Crippen molar-refractivity contribution >= 4 is 38.2 Å². The lowest BCUT2D eigenvalue weighted by Gasteiger charge is -2.31. The number of benzene rings is 3. The number of thiazole rings is 1. The Kier molecular flexibility index (Phi) is 5.81. The summed E-state index contributed by atoms with van der Waals surface area (Å²) in [5.74, 6) is 1.50. The number of methoxy groups -OCH3 is 1. The van der Waals surface area contributed by atoms with Gasteiger partial charge < -0.3 is 19.1 Å². The van der Waals surface area contributed by atoms with Gasteiger partial charge in [0.15, 0.2) is 6.61 Å². The van der Waals surface area contributed by atoms with Crippen LogP contribution in [0.2, 0.25) is 0 Å². The topological polar surface area (TPSA) is 60.9 Å². The molecule has 0 unspecified atom stereocenters. The minimum atomic E-state index is 0.00342. The summed E-state index contributed by atoms with van der Waals surface area (Å²) in [6.45, 7) is 1.36. The number of hydrogen-bond donors (Lipinski definition) is 0. The van der Waals surface area contributed by atoms with Crippen LogP contribution in [0.5, 0.6) is 16.7 Å².